The highest BCUT2D eigenvalue weighted by Gasteiger charge is 2.37. The number of benzene rings is 1. The van der Waals surface area contributed by atoms with Crippen molar-refractivity contribution in [1.82, 2.24) is 14.4 Å². The Morgan fingerprint density at radius 1 is 0.964 bits per heavy atom. The molecule has 0 radical (unpaired) electrons. The van der Waals surface area contributed by atoms with Gasteiger partial charge in [0.25, 0.3) is 5.56 Å². The molecule has 28 heavy (non-hydrogen) atoms. The SMILES string of the molecule is CN1CCC(N2CC3CC(C2)c2ccc(-c4ccc(Cl)cc4)c(=O)n2C3)CC1. The highest BCUT2D eigenvalue weighted by molar-refractivity contribution is 6.30. The van der Waals surface area contributed by atoms with Crippen LogP contribution in [0.1, 0.15) is 30.9 Å². The Balaban J connectivity index is 1.42. The van der Waals surface area contributed by atoms with Crippen molar-refractivity contribution in [3.05, 3.63) is 57.5 Å². The number of piperidine rings is 2. The first-order chi connectivity index (χ1) is 13.6. The molecule has 1 aromatic carbocycles. The average molecular weight is 398 g/mol. The predicted molar refractivity (Wildman–Crippen MR) is 114 cm³/mol. The molecule has 0 N–H and O–H groups in total. The van der Waals surface area contributed by atoms with Crippen molar-refractivity contribution in [1.29, 1.82) is 0 Å². The van der Waals surface area contributed by atoms with E-state index in [9.17, 15) is 4.79 Å². The molecule has 5 rings (SSSR count). The molecule has 0 aliphatic carbocycles. The summed E-state index contributed by atoms with van der Waals surface area (Å²) in [4.78, 5) is 18.4. The van der Waals surface area contributed by atoms with Crippen LogP contribution in [0.5, 0.6) is 0 Å². The minimum atomic E-state index is 0.155. The summed E-state index contributed by atoms with van der Waals surface area (Å²) in [6.07, 6.45) is 3.78. The number of hydrogen-bond acceptors (Lipinski definition) is 3. The fourth-order valence-electron chi connectivity index (χ4n) is 5.49. The van der Waals surface area contributed by atoms with Gasteiger partial charge in [-0.2, -0.15) is 0 Å². The van der Waals surface area contributed by atoms with E-state index in [1.54, 1.807) is 0 Å². The summed E-state index contributed by atoms with van der Waals surface area (Å²) >= 11 is 6.01. The van der Waals surface area contributed by atoms with Gasteiger partial charge in [-0.3, -0.25) is 9.69 Å². The fourth-order valence-corrected chi connectivity index (χ4v) is 5.62. The van der Waals surface area contributed by atoms with Crippen LogP contribution in [0.3, 0.4) is 0 Å². The molecule has 4 nitrogen and oxygen atoms in total. The maximum Gasteiger partial charge on any atom is 0.258 e. The van der Waals surface area contributed by atoms with E-state index in [1.165, 1.54) is 38.0 Å². The average Bonchev–Trinajstić information content (AvgIpc) is 2.70. The fraction of sp³-hybridized carbons (Fsp3) is 0.522. The third-order valence-electron chi connectivity index (χ3n) is 6.99. The van der Waals surface area contributed by atoms with Gasteiger partial charge in [-0.25, -0.2) is 0 Å². The summed E-state index contributed by atoms with van der Waals surface area (Å²) in [7, 11) is 2.22. The first-order valence-electron chi connectivity index (χ1n) is 10.5. The smallest absolute Gasteiger partial charge is 0.258 e. The molecule has 5 heteroatoms. The van der Waals surface area contributed by atoms with Crippen molar-refractivity contribution < 1.29 is 0 Å². The molecular formula is C23H28ClN3O. The van der Waals surface area contributed by atoms with E-state index in [1.807, 2.05) is 30.3 Å². The number of fused-ring (bicyclic) bond motifs is 4. The monoisotopic (exact) mass is 397 g/mol. The van der Waals surface area contributed by atoms with Gasteiger partial charge >= 0.3 is 0 Å². The van der Waals surface area contributed by atoms with Crippen molar-refractivity contribution >= 4 is 11.6 Å². The van der Waals surface area contributed by atoms with Gasteiger partial charge in [-0.15, -0.1) is 0 Å². The Hall–Kier alpha value is -1.62. The van der Waals surface area contributed by atoms with E-state index < -0.39 is 0 Å². The molecule has 2 aromatic rings. The van der Waals surface area contributed by atoms with Crippen LogP contribution in [-0.4, -0.2) is 53.6 Å². The lowest BCUT2D eigenvalue weighted by atomic mass is 9.81. The molecule has 2 atom stereocenters. The van der Waals surface area contributed by atoms with Crippen LogP contribution < -0.4 is 5.56 Å². The first kappa shape index (κ1) is 18.4. The molecular weight excluding hydrogens is 370 g/mol. The normalized spacial score (nSPS) is 26.2. The van der Waals surface area contributed by atoms with Crippen molar-refractivity contribution in [2.24, 2.45) is 5.92 Å². The lowest BCUT2D eigenvalue weighted by Gasteiger charge is -2.47. The summed E-state index contributed by atoms with van der Waals surface area (Å²) in [5, 5.41) is 0.699. The molecule has 0 amide bonds. The molecule has 2 unspecified atom stereocenters. The van der Waals surface area contributed by atoms with Crippen LogP contribution in [0.25, 0.3) is 11.1 Å². The van der Waals surface area contributed by atoms with Crippen LogP contribution in [0.15, 0.2) is 41.2 Å². The van der Waals surface area contributed by atoms with Gasteiger partial charge in [0.15, 0.2) is 0 Å². The third-order valence-corrected chi connectivity index (χ3v) is 7.24. The lowest BCUT2D eigenvalue weighted by molar-refractivity contribution is 0.0517. The number of aromatic nitrogens is 1. The van der Waals surface area contributed by atoms with Gasteiger partial charge in [0.1, 0.15) is 0 Å². The van der Waals surface area contributed by atoms with Gasteiger partial charge in [-0.1, -0.05) is 23.7 Å². The van der Waals surface area contributed by atoms with Gasteiger partial charge in [0.2, 0.25) is 0 Å². The second kappa shape index (κ2) is 7.33. The van der Waals surface area contributed by atoms with E-state index in [0.29, 0.717) is 22.9 Å². The zero-order chi connectivity index (χ0) is 19.3. The van der Waals surface area contributed by atoms with Crippen molar-refractivity contribution in [2.45, 2.75) is 37.8 Å². The van der Waals surface area contributed by atoms with Gasteiger partial charge in [0.05, 0.1) is 0 Å². The van der Waals surface area contributed by atoms with Crippen LogP contribution in [0.4, 0.5) is 0 Å². The number of nitrogens with zero attached hydrogens (tertiary/aromatic N) is 3. The van der Waals surface area contributed by atoms with Crippen LogP contribution in [0, 0.1) is 5.92 Å². The molecule has 2 saturated heterocycles. The number of halogens is 1. The van der Waals surface area contributed by atoms with Gasteiger partial charge in [0, 0.05) is 47.9 Å². The third kappa shape index (κ3) is 3.32. The highest BCUT2D eigenvalue weighted by Crippen LogP contribution is 2.37. The highest BCUT2D eigenvalue weighted by atomic mass is 35.5. The maximum atomic E-state index is 13.3. The Morgan fingerprint density at radius 3 is 2.46 bits per heavy atom. The summed E-state index contributed by atoms with van der Waals surface area (Å²) in [5.74, 6) is 1.07. The molecule has 3 aliphatic rings. The molecule has 2 bridgehead atoms. The Kier molecular flexibility index (Phi) is 4.82. The van der Waals surface area contributed by atoms with Crippen LogP contribution >= 0.6 is 11.6 Å². The zero-order valence-corrected chi connectivity index (χ0v) is 17.2. The van der Waals surface area contributed by atoms with E-state index in [0.717, 1.165) is 30.8 Å². The molecule has 0 saturated carbocycles. The Morgan fingerprint density at radius 2 is 1.71 bits per heavy atom. The lowest BCUT2D eigenvalue weighted by Crippen LogP contribution is -2.53. The first-order valence-corrected chi connectivity index (χ1v) is 10.9. The summed E-state index contributed by atoms with van der Waals surface area (Å²) < 4.78 is 2.06. The number of hydrogen-bond donors (Lipinski definition) is 0. The Labute approximate surface area is 171 Å². The molecule has 0 spiro atoms. The number of rotatable bonds is 2. The van der Waals surface area contributed by atoms with Crippen molar-refractivity contribution in [3.63, 3.8) is 0 Å². The molecule has 148 valence electrons. The minimum Gasteiger partial charge on any atom is -0.311 e. The van der Waals surface area contributed by atoms with E-state index in [-0.39, 0.29) is 5.56 Å². The molecule has 4 heterocycles. The number of likely N-dealkylation sites (tertiary alicyclic amines) is 2. The van der Waals surface area contributed by atoms with Gasteiger partial charge < -0.3 is 9.47 Å². The predicted octanol–water partition coefficient (Wildman–Crippen LogP) is 3.68. The molecule has 1 aromatic heterocycles. The van der Waals surface area contributed by atoms with E-state index in [4.69, 9.17) is 11.6 Å². The molecule has 3 aliphatic heterocycles. The minimum absolute atomic E-state index is 0.155. The largest absolute Gasteiger partial charge is 0.311 e. The summed E-state index contributed by atoms with van der Waals surface area (Å²) in [6.45, 7) is 5.51. The summed E-state index contributed by atoms with van der Waals surface area (Å²) in [6, 6.07) is 12.5. The molecule has 2 fully saturated rings. The second-order valence-electron chi connectivity index (χ2n) is 8.88. The van der Waals surface area contributed by atoms with Crippen LogP contribution in [-0.2, 0) is 6.54 Å². The number of pyridine rings is 1. The summed E-state index contributed by atoms with van der Waals surface area (Å²) in [5.41, 5.74) is 3.12. The van der Waals surface area contributed by atoms with E-state index >= 15 is 0 Å². The quantitative estimate of drug-likeness (QED) is 0.773. The topological polar surface area (TPSA) is 28.5 Å². The van der Waals surface area contributed by atoms with Crippen molar-refractivity contribution in [2.75, 3.05) is 33.2 Å². The van der Waals surface area contributed by atoms with Gasteiger partial charge in [-0.05, 0) is 75.1 Å². The maximum absolute atomic E-state index is 13.3. The standard InChI is InChI=1S/C23H28ClN3O/c1-25-10-8-20(9-11-25)26-13-16-12-18(15-26)22-7-6-21(23(28)27(22)14-16)17-2-4-19(24)5-3-17/h2-7,16,18,20H,8-15H2,1H3. The van der Waals surface area contributed by atoms with Crippen LogP contribution in [0.2, 0.25) is 5.02 Å². The zero-order valence-electron chi connectivity index (χ0n) is 16.5. The second-order valence-corrected chi connectivity index (χ2v) is 9.32. The Bertz CT molecular complexity index is 914. The van der Waals surface area contributed by atoms with E-state index in [2.05, 4.69) is 27.5 Å². The van der Waals surface area contributed by atoms with Crippen molar-refractivity contribution in [3.8, 4) is 11.1 Å².